The van der Waals surface area contributed by atoms with Crippen LogP contribution in [0.4, 0.5) is 5.69 Å². The molecule has 9 heteroatoms. The third kappa shape index (κ3) is 7.36. The van der Waals surface area contributed by atoms with Gasteiger partial charge >= 0.3 is 0 Å². The number of carbonyl (C=O) groups excluding carboxylic acids is 2. The molecule has 0 aromatic heterocycles. The predicted molar refractivity (Wildman–Crippen MR) is 152 cm³/mol. The zero-order valence-corrected chi connectivity index (χ0v) is 23.9. The van der Waals surface area contributed by atoms with E-state index in [0.717, 1.165) is 21.0 Å². The van der Waals surface area contributed by atoms with Crippen molar-refractivity contribution in [1.82, 2.24) is 10.2 Å². The van der Waals surface area contributed by atoms with E-state index in [-0.39, 0.29) is 29.1 Å². The van der Waals surface area contributed by atoms with Crippen molar-refractivity contribution in [2.45, 2.75) is 58.1 Å². The quantitative estimate of drug-likeness (QED) is 0.377. The molecule has 0 aliphatic rings. The number of rotatable bonds is 10. The number of anilines is 1. The number of benzene rings is 3. The van der Waals surface area contributed by atoms with Crippen molar-refractivity contribution in [3.63, 3.8) is 0 Å². The second-order valence-corrected chi connectivity index (χ2v) is 11.9. The van der Waals surface area contributed by atoms with E-state index in [2.05, 4.69) is 5.32 Å². The first-order chi connectivity index (χ1) is 17.9. The summed E-state index contributed by atoms with van der Waals surface area (Å²) in [4.78, 5) is 28.2. The summed E-state index contributed by atoms with van der Waals surface area (Å²) >= 11 is 6.20. The molecule has 0 bridgehead atoms. The average Bonchev–Trinajstić information content (AvgIpc) is 2.86. The minimum atomic E-state index is -4.13. The lowest BCUT2D eigenvalue weighted by atomic mass is 10.1. The molecule has 0 aliphatic heterocycles. The minimum Gasteiger partial charge on any atom is -0.352 e. The van der Waals surface area contributed by atoms with Crippen molar-refractivity contribution in [2.24, 2.45) is 0 Å². The van der Waals surface area contributed by atoms with Gasteiger partial charge in [0, 0.05) is 17.6 Å². The average molecular weight is 556 g/mol. The van der Waals surface area contributed by atoms with Crippen LogP contribution in [0, 0.1) is 13.8 Å². The van der Waals surface area contributed by atoms with Crippen LogP contribution in [0.25, 0.3) is 0 Å². The summed E-state index contributed by atoms with van der Waals surface area (Å²) in [6, 6.07) is 19.4. The molecule has 1 atom stereocenters. The number of hydrogen-bond acceptors (Lipinski definition) is 4. The van der Waals surface area contributed by atoms with Crippen LogP contribution in [0.2, 0.25) is 5.02 Å². The van der Waals surface area contributed by atoms with Crippen molar-refractivity contribution in [2.75, 3.05) is 10.8 Å². The summed E-state index contributed by atoms with van der Waals surface area (Å²) in [5.74, 6) is -0.844. The topological polar surface area (TPSA) is 86.8 Å². The third-order valence-corrected chi connectivity index (χ3v) is 8.08. The number of halogens is 1. The van der Waals surface area contributed by atoms with Crippen molar-refractivity contribution in [3.05, 3.63) is 94.5 Å². The zero-order valence-electron chi connectivity index (χ0n) is 22.3. The fourth-order valence-corrected chi connectivity index (χ4v) is 5.47. The highest BCUT2D eigenvalue weighted by Gasteiger charge is 2.32. The Hall–Kier alpha value is -3.36. The molecule has 0 saturated heterocycles. The van der Waals surface area contributed by atoms with Gasteiger partial charge < -0.3 is 10.2 Å². The van der Waals surface area contributed by atoms with Gasteiger partial charge in [0.1, 0.15) is 12.6 Å². The summed E-state index contributed by atoms with van der Waals surface area (Å²) in [7, 11) is -4.13. The smallest absolute Gasteiger partial charge is 0.264 e. The lowest BCUT2D eigenvalue weighted by molar-refractivity contribution is -0.139. The normalized spacial score (nSPS) is 12.2. The predicted octanol–water partition coefficient (Wildman–Crippen LogP) is 5.09. The van der Waals surface area contributed by atoms with Gasteiger partial charge in [0.25, 0.3) is 10.0 Å². The number of hydrogen-bond donors (Lipinski definition) is 1. The Morgan fingerprint density at radius 3 is 2.03 bits per heavy atom. The van der Waals surface area contributed by atoms with E-state index in [4.69, 9.17) is 11.6 Å². The van der Waals surface area contributed by atoms with Crippen LogP contribution in [-0.2, 0) is 26.2 Å². The molecule has 1 unspecified atom stereocenters. The van der Waals surface area contributed by atoms with Crippen LogP contribution in [0.5, 0.6) is 0 Å². The van der Waals surface area contributed by atoms with E-state index < -0.39 is 28.5 Å². The van der Waals surface area contributed by atoms with E-state index in [1.54, 1.807) is 37.3 Å². The van der Waals surface area contributed by atoms with Crippen molar-refractivity contribution >= 4 is 39.1 Å². The summed E-state index contributed by atoms with van der Waals surface area (Å²) in [6.45, 7) is 8.77. The van der Waals surface area contributed by atoms with Crippen LogP contribution in [0.1, 0.15) is 37.5 Å². The van der Waals surface area contributed by atoms with Gasteiger partial charge in [-0.05, 0) is 70.5 Å². The van der Waals surface area contributed by atoms with Crippen LogP contribution in [0.3, 0.4) is 0 Å². The molecule has 202 valence electrons. The number of aryl methyl sites for hydroxylation is 2. The number of amides is 2. The highest BCUT2D eigenvalue weighted by atomic mass is 35.5. The first-order valence-corrected chi connectivity index (χ1v) is 14.2. The fraction of sp³-hybridized carbons (Fsp3) is 0.310. The van der Waals surface area contributed by atoms with E-state index in [9.17, 15) is 18.0 Å². The maximum atomic E-state index is 13.9. The van der Waals surface area contributed by atoms with Crippen molar-refractivity contribution in [3.8, 4) is 0 Å². The van der Waals surface area contributed by atoms with Gasteiger partial charge in [0.15, 0.2) is 0 Å². The second kappa shape index (κ2) is 12.5. The number of nitrogens with one attached hydrogen (secondary N) is 1. The molecule has 38 heavy (non-hydrogen) atoms. The summed E-state index contributed by atoms with van der Waals surface area (Å²) < 4.78 is 28.6. The minimum absolute atomic E-state index is 0.0477. The Kier molecular flexibility index (Phi) is 9.57. The monoisotopic (exact) mass is 555 g/mol. The first kappa shape index (κ1) is 29.2. The largest absolute Gasteiger partial charge is 0.352 e. The summed E-state index contributed by atoms with van der Waals surface area (Å²) in [6.07, 6.45) is 0. The zero-order chi connectivity index (χ0) is 28.0. The number of carbonyl (C=O) groups is 2. The maximum absolute atomic E-state index is 13.9. The number of nitrogens with zero attached hydrogens (tertiary/aromatic N) is 2. The Balaban J connectivity index is 2.03. The first-order valence-electron chi connectivity index (χ1n) is 12.4. The Bertz CT molecular complexity index is 1370. The molecule has 0 radical (unpaired) electrons. The van der Waals surface area contributed by atoms with Gasteiger partial charge in [0.05, 0.1) is 10.6 Å². The van der Waals surface area contributed by atoms with Crippen molar-refractivity contribution < 1.29 is 18.0 Å². The van der Waals surface area contributed by atoms with Crippen LogP contribution in [-0.4, -0.2) is 43.8 Å². The molecule has 0 spiro atoms. The maximum Gasteiger partial charge on any atom is 0.264 e. The standard InChI is InChI=1S/C29H34ClN3O4S/c1-20(2)31-29(35)23(5)32(18-24-13-9-21(3)10-14-24)28(34)19-33(26-8-6-7-25(30)17-26)38(36,37)27-15-11-22(4)12-16-27/h6-17,20,23H,18-19H2,1-5H3,(H,31,35). The molecule has 7 nitrogen and oxygen atoms in total. The molecule has 0 aliphatic carbocycles. The van der Waals surface area contributed by atoms with E-state index in [1.807, 2.05) is 52.0 Å². The Labute approximate surface area is 230 Å². The molecule has 3 aromatic rings. The highest BCUT2D eigenvalue weighted by molar-refractivity contribution is 7.92. The van der Waals surface area contributed by atoms with Gasteiger partial charge in [-0.3, -0.25) is 13.9 Å². The molecule has 3 rings (SSSR count). The van der Waals surface area contributed by atoms with Crippen LogP contribution >= 0.6 is 11.6 Å². The van der Waals surface area contributed by atoms with E-state index >= 15 is 0 Å². The molecular weight excluding hydrogens is 522 g/mol. The summed E-state index contributed by atoms with van der Waals surface area (Å²) in [5, 5.41) is 3.18. The van der Waals surface area contributed by atoms with E-state index in [0.29, 0.717) is 5.02 Å². The molecule has 0 heterocycles. The van der Waals surface area contributed by atoms with Crippen molar-refractivity contribution in [1.29, 1.82) is 0 Å². The van der Waals surface area contributed by atoms with Gasteiger partial charge in [-0.1, -0.05) is 65.2 Å². The number of sulfonamides is 1. The van der Waals surface area contributed by atoms with Gasteiger partial charge in [0.2, 0.25) is 11.8 Å². The Morgan fingerprint density at radius 2 is 1.47 bits per heavy atom. The molecule has 1 N–H and O–H groups in total. The van der Waals surface area contributed by atoms with Crippen LogP contribution < -0.4 is 9.62 Å². The molecule has 0 fully saturated rings. The fourth-order valence-electron chi connectivity index (χ4n) is 3.88. The molecule has 3 aromatic carbocycles. The SMILES string of the molecule is Cc1ccc(CN(C(=O)CN(c2cccc(Cl)c2)S(=O)(=O)c2ccc(C)cc2)C(C)C(=O)NC(C)C)cc1. The van der Waals surface area contributed by atoms with Gasteiger partial charge in [-0.2, -0.15) is 0 Å². The summed E-state index contributed by atoms with van der Waals surface area (Å²) in [5.41, 5.74) is 3.04. The third-order valence-electron chi connectivity index (χ3n) is 6.06. The second-order valence-electron chi connectivity index (χ2n) is 9.65. The molecule has 0 saturated carbocycles. The van der Waals surface area contributed by atoms with Gasteiger partial charge in [-0.25, -0.2) is 8.42 Å². The lowest BCUT2D eigenvalue weighted by Crippen LogP contribution is -2.52. The lowest BCUT2D eigenvalue weighted by Gasteiger charge is -2.32. The van der Waals surface area contributed by atoms with Gasteiger partial charge in [-0.15, -0.1) is 0 Å². The highest BCUT2D eigenvalue weighted by Crippen LogP contribution is 2.27. The Morgan fingerprint density at radius 1 is 0.895 bits per heavy atom. The van der Waals surface area contributed by atoms with E-state index in [1.165, 1.54) is 23.1 Å². The molecular formula is C29H34ClN3O4S. The molecule has 2 amide bonds. The van der Waals surface area contributed by atoms with Crippen LogP contribution in [0.15, 0.2) is 77.7 Å².